The van der Waals surface area contributed by atoms with E-state index in [0.29, 0.717) is 6.42 Å². The smallest absolute Gasteiger partial charge is 0.336 e. The van der Waals surface area contributed by atoms with E-state index in [-0.39, 0.29) is 11.1 Å². The molecule has 0 aliphatic carbocycles. The van der Waals surface area contributed by atoms with Crippen molar-refractivity contribution in [2.45, 2.75) is 90.9 Å². The van der Waals surface area contributed by atoms with Crippen molar-refractivity contribution in [3.63, 3.8) is 0 Å². The Morgan fingerprint density at radius 3 is 1.85 bits per heavy atom. The number of aryl methyl sites for hydroxylation is 1. The van der Waals surface area contributed by atoms with E-state index in [2.05, 4.69) is 13.8 Å². The largest absolute Gasteiger partial charge is 0.478 e. The Bertz CT molecular complexity index is 578. The summed E-state index contributed by atoms with van der Waals surface area (Å²) in [7, 11) is 0. The molecule has 0 aliphatic rings. The molecule has 0 heterocycles. The fourth-order valence-corrected chi connectivity index (χ4v) is 3.46. The van der Waals surface area contributed by atoms with Crippen molar-refractivity contribution in [3.8, 4) is 0 Å². The van der Waals surface area contributed by atoms with Crippen molar-refractivity contribution < 1.29 is 19.8 Å². The van der Waals surface area contributed by atoms with Gasteiger partial charge in [-0.25, -0.2) is 9.59 Å². The molecule has 2 N–H and O–H groups in total. The second-order valence-corrected chi connectivity index (χ2v) is 7.06. The first kappa shape index (κ1) is 22.2. The molecule has 0 aliphatic heterocycles. The van der Waals surface area contributed by atoms with Crippen LogP contribution in [0, 0.1) is 0 Å². The molecule has 26 heavy (non-hydrogen) atoms. The lowest BCUT2D eigenvalue weighted by molar-refractivity contribution is 0.0650. The zero-order chi connectivity index (χ0) is 19.4. The normalized spacial score (nSPS) is 10.8. The number of hydrogen-bond acceptors (Lipinski definition) is 2. The molecule has 4 heteroatoms. The third-order valence-corrected chi connectivity index (χ3v) is 4.93. The van der Waals surface area contributed by atoms with Crippen LogP contribution in [0.25, 0.3) is 0 Å². The van der Waals surface area contributed by atoms with Crippen molar-refractivity contribution in [1.29, 1.82) is 0 Å². The minimum absolute atomic E-state index is 0.00233. The summed E-state index contributed by atoms with van der Waals surface area (Å²) in [5.41, 5.74) is 1.66. The summed E-state index contributed by atoms with van der Waals surface area (Å²) in [6.45, 7) is 4.33. The van der Waals surface area contributed by atoms with Crippen LogP contribution in [0.4, 0.5) is 0 Å². The van der Waals surface area contributed by atoms with E-state index >= 15 is 0 Å². The van der Waals surface area contributed by atoms with E-state index in [0.717, 1.165) is 56.1 Å². The predicted octanol–water partition coefficient (Wildman–Crippen LogP) is 6.11. The number of carboxylic acid groups (broad SMARTS) is 2. The van der Waals surface area contributed by atoms with E-state index in [4.69, 9.17) is 0 Å². The maximum atomic E-state index is 11.8. The van der Waals surface area contributed by atoms with Crippen molar-refractivity contribution in [3.05, 3.63) is 34.4 Å². The Kier molecular flexibility index (Phi) is 10.7. The molecule has 0 spiro atoms. The third kappa shape index (κ3) is 7.19. The van der Waals surface area contributed by atoms with Gasteiger partial charge in [0.05, 0.1) is 11.1 Å². The van der Waals surface area contributed by atoms with Gasteiger partial charge in [0.1, 0.15) is 0 Å². The molecule has 0 radical (unpaired) electrons. The topological polar surface area (TPSA) is 74.6 Å². The molecule has 0 bridgehead atoms. The molecule has 0 aromatic heterocycles. The van der Waals surface area contributed by atoms with Crippen LogP contribution in [0.15, 0.2) is 12.1 Å². The van der Waals surface area contributed by atoms with Crippen LogP contribution >= 0.6 is 0 Å². The van der Waals surface area contributed by atoms with Crippen LogP contribution < -0.4 is 0 Å². The van der Waals surface area contributed by atoms with E-state index in [1.54, 1.807) is 0 Å². The predicted molar refractivity (Wildman–Crippen MR) is 105 cm³/mol. The van der Waals surface area contributed by atoms with E-state index in [9.17, 15) is 19.8 Å². The average Bonchev–Trinajstić information content (AvgIpc) is 2.61. The molecule has 0 fully saturated rings. The molecule has 4 nitrogen and oxygen atoms in total. The van der Waals surface area contributed by atoms with Gasteiger partial charge in [0.15, 0.2) is 0 Å². The van der Waals surface area contributed by atoms with E-state index in [1.807, 2.05) is 6.07 Å². The van der Waals surface area contributed by atoms with Crippen LogP contribution in [0.3, 0.4) is 0 Å². The van der Waals surface area contributed by atoms with Gasteiger partial charge in [-0.3, -0.25) is 0 Å². The zero-order valence-electron chi connectivity index (χ0n) is 16.4. The Balaban J connectivity index is 2.93. The average molecular weight is 363 g/mol. The molecule has 0 amide bonds. The summed E-state index contributed by atoms with van der Waals surface area (Å²) in [6.07, 6.45) is 12.8. The summed E-state index contributed by atoms with van der Waals surface area (Å²) in [4.78, 5) is 23.2. The molecule has 0 atom stereocenters. The number of carbonyl (C=O) groups is 2. The SMILES string of the molecule is CCCCCCCCc1ccc(C(=O)O)c(C(=O)O)c1CCCCCC. The lowest BCUT2D eigenvalue weighted by atomic mass is 9.89. The van der Waals surface area contributed by atoms with Crippen LogP contribution in [-0.4, -0.2) is 22.2 Å². The first-order valence-electron chi connectivity index (χ1n) is 10.1. The second-order valence-electron chi connectivity index (χ2n) is 7.06. The molecular weight excluding hydrogens is 328 g/mol. The monoisotopic (exact) mass is 362 g/mol. The molecule has 1 aromatic carbocycles. The molecular formula is C22H34O4. The fraction of sp³-hybridized carbons (Fsp3) is 0.636. The molecule has 146 valence electrons. The van der Waals surface area contributed by atoms with Gasteiger partial charge in [-0.2, -0.15) is 0 Å². The summed E-state index contributed by atoms with van der Waals surface area (Å²) in [5.74, 6) is -2.29. The Hall–Kier alpha value is -1.84. The summed E-state index contributed by atoms with van der Waals surface area (Å²) < 4.78 is 0. The lowest BCUT2D eigenvalue weighted by Crippen LogP contribution is -2.14. The minimum Gasteiger partial charge on any atom is -0.478 e. The summed E-state index contributed by atoms with van der Waals surface area (Å²) in [5, 5.41) is 19.0. The van der Waals surface area contributed by atoms with Crippen molar-refractivity contribution in [1.82, 2.24) is 0 Å². The lowest BCUT2D eigenvalue weighted by Gasteiger charge is -2.15. The third-order valence-electron chi connectivity index (χ3n) is 4.93. The highest BCUT2D eigenvalue weighted by atomic mass is 16.4. The Morgan fingerprint density at radius 2 is 1.27 bits per heavy atom. The fourth-order valence-electron chi connectivity index (χ4n) is 3.46. The first-order chi connectivity index (χ1) is 12.5. The van der Waals surface area contributed by atoms with Crippen LogP contribution in [0.1, 0.15) is 110 Å². The van der Waals surface area contributed by atoms with Crippen LogP contribution in [0.5, 0.6) is 0 Å². The molecule has 1 rings (SSSR count). The molecule has 0 unspecified atom stereocenters. The second kappa shape index (κ2) is 12.5. The molecule has 1 aromatic rings. The number of unbranched alkanes of at least 4 members (excludes halogenated alkanes) is 8. The summed E-state index contributed by atoms with van der Waals surface area (Å²) >= 11 is 0. The number of hydrogen-bond donors (Lipinski definition) is 2. The Labute approximate surface area is 157 Å². The zero-order valence-corrected chi connectivity index (χ0v) is 16.4. The Morgan fingerprint density at radius 1 is 0.731 bits per heavy atom. The van der Waals surface area contributed by atoms with E-state index < -0.39 is 11.9 Å². The number of rotatable bonds is 14. The minimum atomic E-state index is -1.16. The van der Waals surface area contributed by atoms with Gasteiger partial charge in [0.25, 0.3) is 0 Å². The summed E-state index contributed by atoms with van der Waals surface area (Å²) in [6, 6.07) is 3.30. The van der Waals surface area contributed by atoms with Gasteiger partial charge in [0, 0.05) is 0 Å². The molecule has 0 saturated heterocycles. The van der Waals surface area contributed by atoms with Crippen molar-refractivity contribution >= 4 is 11.9 Å². The van der Waals surface area contributed by atoms with Gasteiger partial charge in [-0.15, -0.1) is 0 Å². The van der Waals surface area contributed by atoms with E-state index in [1.165, 1.54) is 31.7 Å². The van der Waals surface area contributed by atoms with Gasteiger partial charge in [-0.05, 0) is 42.9 Å². The first-order valence-corrected chi connectivity index (χ1v) is 10.1. The maximum Gasteiger partial charge on any atom is 0.336 e. The maximum absolute atomic E-state index is 11.8. The van der Waals surface area contributed by atoms with Gasteiger partial charge in [-0.1, -0.05) is 71.3 Å². The van der Waals surface area contributed by atoms with Crippen LogP contribution in [-0.2, 0) is 12.8 Å². The quantitative estimate of drug-likeness (QED) is 0.392. The number of aromatic carboxylic acids is 2. The highest BCUT2D eigenvalue weighted by Crippen LogP contribution is 2.25. The van der Waals surface area contributed by atoms with Crippen molar-refractivity contribution in [2.24, 2.45) is 0 Å². The van der Waals surface area contributed by atoms with Crippen molar-refractivity contribution in [2.75, 3.05) is 0 Å². The highest BCUT2D eigenvalue weighted by molar-refractivity contribution is 6.03. The highest BCUT2D eigenvalue weighted by Gasteiger charge is 2.22. The van der Waals surface area contributed by atoms with Crippen LogP contribution in [0.2, 0.25) is 0 Å². The van der Waals surface area contributed by atoms with Gasteiger partial charge in [0.2, 0.25) is 0 Å². The number of carboxylic acids is 2. The van der Waals surface area contributed by atoms with Gasteiger partial charge >= 0.3 is 11.9 Å². The standard InChI is InChI=1S/C22H34O4/c1-3-5-7-9-10-11-13-17-15-16-19(21(23)24)20(22(25)26)18(17)14-12-8-6-4-2/h15-16H,3-14H2,1-2H3,(H,23,24)(H,25,26). The van der Waals surface area contributed by atoms with Gasteiger partial charge < -0.3 is 10.2 Å². The number of benzene rings is 1. The molecule has 0 saturated carbocycles.